The minimum atomic E-state index is -0.379. The summed E-state index contributed by atoms with van der Waals surface area (Å²) in [5.74, 6) is 1.85. The minimum Gasteiger partial charge on any atom is -0.452 e. The summed E-state index contributed by atoms with van der Waals surface area (Å²) in [5.41, 5.74) is 2.20. The standard InChI is InChI=1S/C16H17NO3/c1-3-10-20-16(19)11-15-14-7-5-4-6-13(14)8-9-17(15)12(2)18/h1,4-7,15H,8-11H2,2H3. The van der Waals surface area contributed by atoms with Gasteiger partial charge in [-0.25, -0.2) is 0 Å². The van der Waals surface area contributed by atoms with Crippen molar-refractivity contribution in [3.63, 3.8) is 0 Å². The van der Waals surface area contributed by atoms with Crippen LogP contribution in [0.25, 0.3) is 0 Å². The van der Waals surface area contributed by atoms with Gasteiger partial charge in [-0.1, -0.05) is 30.2 Å². The number of nitrogens with zero attached hydrogens (tertiary/aromatic N) is 1. The van der Waals surface area contributed by atoms with Crippen LogP contribution >= 0.6 is 0 Å². The Bertz CT molecular complexity index is 559. The molecule has 20 heavy (non-hydrogen) atoms. The zero-order valence-electron chi connectivity index (χ0n) is 11.5. The van der Waals surface area contributed by atoms with Crippen molar-refractivity contribution in [2.24, 2.45) is 0 Å². The fraction of sp³-hybridized carbons (Fsp3) is 0.375. The first-order valence-corrected chi connectivity index (χ1v) is 6.57. The molecule has 1 aliphatic rings. The van der Waals surface area contributed by atoms with Gasteiger partial charge in [0, 0.05) is 13.5 Å². The van der Waals surface area contributed by atoms with Gasteiger partial charge >= 0.3 is 5.97 Å². The second-order valence-electron chi connectivity index (χ2n) is 4.75. The van der Waals surface area contributed by atoms with Crippen LogP contribution in [0.4, 0.5) is 0 Å². The molecular formula is C16H17NO3. The molecule has 1 amide bonds. The van der Waals surface area contributed by atoms with Crippen molar-refractivity contribution in [1.82, 2.24) is 4.90 Å². The van der Waals surface area contributed by atoms with Crippen LogP contribution in [0.1, 0.15) is 30.5 Å². The van der Waals surface area contributed by atoms with E-state index < -0.39 is 0 Å². The average Bonchev–Trinajstić information content (AvgIpc) is 2.45. The van der Waals surface area contributed by atoms with E-state index in [1.54, 1.807) is 4.90 Å². The Hall–Kier alpha value is -2.28. The Labute approximate surface area is 118 Å². The van der Waals surface area contributed by atoms with E-state index >= 15 is 0 Å². The Morgan fingerprint density at radius 1 is 1.45 bits per heavy atom. The summed E-state index contributed by atoms with van der Waals surface area (Å²) in [6.07, 6.45) is 6.02. The van der Waals surface area contributed by atoms with E-state index in [4.69, 9.17) is 11.2 Å². The molecule has 0 fully saturated rings. The summed E-state index contributed by atoms with van der Waals surface area (Å²) in [5, 5.41) is 0. The highest BCUT2D eigenvalue weighted by Crippen LogP contribution is 2.32. The van der Waals surface area contributed by atoms with Gasteiger partial charge in [-0.05, 0) is 17.5 Å². The molecular weight excluding hydrogens is 254 g/mol. The number of ether oxygens (including phenoxy) is 1. The van der Waals surface area contributed by atoms with Gasteiger partial charge < -0.3 is 9.64 Å². The van der Waals surface area contributed by atoms with E-state index in [9.17, 15) is 9.59 Å². The van der Waals surface area contributed by atoms with E-state index in [0.29, 0.717) is 6.54 Å². The van der Waals surface area contributed by atoms with Crippen LogP contribution in [-0.2, 0) is 20.7 Å². The zero-order valence-corrected chi connectivity index (χ0v) is 11.5. The number of rotatable bonds is 3. The number of esters is 1. The highest BCUT2D eigenvalue weighted by Gasteiger charge is 2.30. The van der Waals surface area contributed by atoms with Crippen LogP contribution in [0.2, 0.25) is 0 Å². The Balaban J connectivity index is 2.23. The SMILES string of the molecule is C#CCOC(=O)CC1c2ccccc2CCN1C(C)=O. The van der Waals surface area contributed by atoms with Crippen LogP contribution < -0.4 is 0 Å². The average molecular weight is 271 g/mol. The quantitative estimate of drug-likeness (QED) is 0.621. The van der Waals surface area contributed by atoms with Crippen molar-refractivity contribution >= 4 is 11.9 Å². The zero-order chi connectivity index (χ0) is 14.5. The number of hydrogen-bond donors (Lipinski definition) is 0. The van der Waals surface area contributed by atoms with Gasteiger partial charge in [0.15, 0.2) is 6.61 Å². The van der Waals surface area contributed by atoms with Gasteiger partial charge in [-0.3, -0.25) is 9.59 Å². The molecule has 0 N–H and O–H groups in total. The fourth-order valence-electron chi connectivity index (χ4n) is 2.59. The predicted molar refractivity (Wildman–Crippen MR) is 74.7 cm³/mol. The molecule has 1 aliphatic heterocycles. The van der Waals surface area contributed by atoms with Crippen molar-refractivity contribution in [3.8, 4) is 12.3 Å². The van der Waals surface area contributed by atoms with Gasteiger partial charge in [0.1, 0.15) is 0 Å². The molecule has 0 aromatic heterocycles. The number of benzene rings is 1. The maximum Gasteiger partial charge on any atom is 0.309 e. The first kappa shape index (κ1) is 14.1. The molecule has 0 radical (unpaired) electrons. The summed E-state index contributed by atoms with van der Waals surface area (Å²) in [6.45, 7) is 2.11. The summed E-state index contributed by atoms with van der Waals surface area (Å²) < 4.78 is 4.92. The number of hydrogen-bond acceptors (Lipinski definition) is 3. The van der Waals surface area contributed by atoms with E-state index in [2.05, 4.69) is 5.92 Å². The molecule has 1 atom stereocenters. The molecule has 1 aromatic carbocycles. The van der Waals surface area contributed by atoms with Crippen LogP contribution in [0.5, 0.6) is 0 Å². The number of terminal acetylenes is 1. The van der Waals surface area contributed by atoms with E-state index in [1.807, 2.05) is 24.3 Å². The minimum absolute atomic E-state index is 0.0331. The third-order valence-corrected chi connectivity index (χ3v) is 3.49. The van der Waals surface area contributed by atoms with Crippen molar-refractivity contribution in [1.29, 1.82) is 0 Å². The highest BCUT2D eigenvalue weighted by molar-refractivity contribution is 5.77. The largest absolute Gasteiger partial charge is 0.452 e. The first-order chi connectivity index (χ1) is 9.63. The highest BCUT2D eigenvalue weighted by atomic mass is 16.5. The maximum atomic E-state index is 11.8. The van der Waals surface area contributed by atoms with Gasteiger partial charge in [0.25, 0.3) is 0 Å². The van der Waals surface area contributed by atoms with E-state index in [0.717, 1.165) is 12.0 Å². The number of amides is 1. The van der Waals surface area contributed by atoms with Gasteiger partial charge in [-0.15, -0.1) is 6.42 Å². The van der Waals surface area contributed by atoms with Crippen LogP contribution in [0.15, 0.2) is 24.3 Å². The van der Waals surface area contributed by atoms with Crippen molar-refractivity contribution < 1.29 is 14.3 Å². The molecule has 2 rings (SSSR count). The normalized spacial score (nSPS) is 17.0. The van der Waals surface area contributed by atoms with E-state index in [1.165, 1.54) is 12.5 Å². The predicted octanol–water partition coefficient (Wildman–Crippen LogP) is 1.70. The first-order valence-electron chi connectivity index (χ1n) is 6.57. The van der Waals surface area contributed by atoms with Crippen LogP contribution in [0.3, 0.4) is 0 Å². The second kappa shape index (κ2) is 6.25. The third-order valence-electron chi connectivity index (χ3n) is 3.49. The summed E-state index contributed by atoms with van der Waals surface area (Å²) in [6, 6.07) is 7.62. The van der Waals surface area contributed by atoms with Gasteiger partial charge in [0.2, 0.25) is 5.91 Å². The molecule has 1 unspecified atom stereocenters. The Morgan fingerprint density at radius 3 is 2.90 bits per heavy atom. The lowest BCUT2D eigenvalue weighted by Crippen LogP contribution is -2.39. The summed E-state index contributed by atoms with van der Waals surface area (Å²) in [7, 11) is 0. The lowest BCUT2D eigenvalue weighted by molar-refractivity contribution is -0.145. The molecule has 0 spiro atoms. The lowest BCUT2D eigenvalue weighted by Gasteiger charge is -2.36. The molecule has 1 heterocycles. The molecule has 104 valence electrons. The van der Waals surface area contributed by atoms with Crippen molar-refractivity contribution in [3.05, 3.63) is 35.4 Å². The van der Waals surface area contributed by atoms with Gasteiger partial charge in [-0.2, -0.15) is 0 Å². The van der Waals surface area contributed by atoms with Gasteiger partial charge in [0.05, 0.1) is 12.5 Å². The molecule has 1 aromatic rings. The molecule has 0 saturated carbocycles. The molecule has 0 aliphatic carbocycles. The second-order valence-corrected chi connectivity index (χ2v) is 4.75. The maximum absolute atomic E-state index is 11.8. The van der Waals surface area contributed by atoms with Crippen molar-refractivity contribution in [2.75, 3.05) is 13.2 Å². The number of carbonyl (C=O) groups excluding carboxylic acids is 2. The topological polar surface area (TPSA) is 46.6 Å². The van der Waals surface area contributed by atoms with Crippen molar-refractivity contribution in [2.45, 2.75) is 25.8 Å². The lowest BCUT2D eigenvalue weighted by atomic mass is 9.90. The molecule has 4 heteroatoms. The van der Waals surface area contributed by atoms with Crippen LogP contribution in [-0.4, -0.2) is 29.9 Å². The molecule has 0 saturated heterocycles. The smallest absolute Gasteiger partial charge is 0.309 e. The fourth-order valence-corrected chi connectivity index (χ4v) is 2.59. The Kier molecular flexibility index (Phi) is 4.41. The van der Waals surface area contributed by atoms with E-state index in [-0.39, 0.29) is 30.9 Å². The molecule has 4 nitrogen and oxygen atoms in total. The number of carbonyl (C=O) groups is 2. The molecule has 0 bridgehead atoms. The third kappa shape index (κ3) is 3.00. The monoisotopic (exact) mass is 271 g/mol. The van der Waals surface area contributed by atoms with Crippen LogP contribution in [0, 0.1) is 12.3 Å². The summed E-state index contributed by atoms with van der Waals surface area (Å²) in [4.78, 5) is 25.3. The Morgan fingerprint density at radius 2 is 2.20 bits per heavy atom. The summed E-state index contributed by atoms with van der Waals surface area (Å²) >= 11 is 0. The number of fused-ring (bicyclic) bond motifs is 1.